The van der Waals surface area contributed by atoms with Crippen molar-refractivity contribution >= 4 is 33.3 Å². The first-order valence-corrected chi connectivity index (χ1v) is 16.2. The fourth-order valence-corrected chi connectivity index (χ4v) is 7.90. The highest BCUT2D eigenvalue weighted by molar-refractivity contribution is 7.88. The molecule has 12 heteroatoms. The zero-order chi connectivity index (χ0) is 30.0. The van der Waals surface area contributed by atoms with Crippen LogP contribution < -0.4 is 10.2 Å². The summed E-state index contributed by atoms with van der Waals surface area (Å²) < 4.78 is 27.8. The SMILES string of the molecule is CC(C)CC(NC(=O)c1ccc(N2CCN(C)CC2)cc1)C(=O)N1CCC2C1C(=O)CN2S(=O)(=O)Cc1cccnc1. The second-order valence-electron chi connectivity index (χ2n) is 12.0. The van der Waals surface area contributed by atoms with Gasteiger partial charge in [-0.15, -0.1) is 0 Å². The molecular formula is C30H40N6O5S. The number of likely N-dealkylation sites (tertiary alicyclic amines) is 1. The van der Waals surface area contributed by atoms with Crippen molar-refractivity contribution in [2.45, 2.75) is 50.6 Å². The molecule has 0 saturated carbocycles. The molecule has 3 fully saturated rings. The lowest BCUT2D eigenvalue weighted by Gasteiger charge is -2.34. The third kappa shape index (κ3) is 6.50. The molecule has 3 aliphatic rings. The van der Waals surface area contributed by atoms with Gasteiger partial charge in [-0.05, 0) is 61.7 Å². The molecule has 1 aromatic carbocycles. The number of amides is 2. The van der Waals surface area contributed by atoms with Gasteiger partial charge in [0.2, 0.25) is 15.9 Å². The van der Waals surface area contributed by atoms with Gasteiger partial charge in [-0.1, -0.05) is 19.9 Å². The second-order valence-corrected chi connectivity index (χ2v) is 13.9. The fraction of sp³-hybridized carbons (Fsp3) is 0.533. The number of aromatic nitrogens is 1. The normalized spacial score (nSPS) is 22.4. The van der Waals surface area contributed by atoms with E-state index >= 15 is 0 Å². The number of piperazine rings is 1. The number of anilines is 1. The van der Waals surface area contributed by atoms with Crippen molar-refractivity contribution in [1.29, 1.82) is 0 Å². The summed E-state index contributed by atoms with van der Waals surface area (Å²) in [4.78, 5) is 50.3. The molecule has 3 saturated heterocycles. The highest BCUT2D eigenvalue weighted by atomic mass is 32.2. The van der Waals surface area contributed by atoms with Gasteiger partial charge >= 0.3 is 0 Å². The van der Waals surface area contributed by atoms with Crippen LogP contribution in [0.15, 0.2) is 48.8 Å². The molecule has 42 heavy (non-hydrogen) atoms. The van der Waals surface area contributed by atoms with E-state index in [2.05, 4.69) is 27.1 Å². The number of ketones is 1. The number of pyridine rings is 1. The number of hydrogen-bond acceptors (Lipinski definition) is 8. The lowest BCUT2D eigenvalue weighted by atomic mass is 10.0. The average molecular weight is 597 g/mol. The first kappa shape index (κ1) is 30.1. The number of sulfonamides is 1. The maximum absolute atomic E-state index is 13.8. The summed E-state index contributed by atoms with van der Waals surface area (Å²) >= 11 is 0. The third-order valence-corrected chi connectivity index (χ3v) is 10.2. The fourth-order valence-electron chi connectivity index (χ4n) is 6.18. The van der Waals surface area contributed by atoms with Crippen LogP contribution in [0, 0.1) is 5.92 Å². The zero-order valence-electron chi connectivity index (χ0n) is 24.5. The van der Waals surface area contributed by atoms with Crippen LogP contribution in [0.3, 0.4) is 0 Å². The van der Waals surface area contributed by atoms with Gasteiger partial charge in [0.25, 0.3) is 5.91 Å². The Morgan fingerprint density at radius 3 is 2.40 bits per heavy atom. The van der Waals surface area contributed by atoms with Crippen molar-refractivity contribution in [2.75, 3.05) is 51.2 Å². The molecule has 0 radical (unpaired) electrons. The van der Waals surface area contributed by atoms with Crippen molar-refractivity contribution < 1.29 is 22.8 Å². The van der Waals surface area contributed by atoms with Crippen LogP contribution in [0.4, 0.5) is 5.69 Å². The molecule has 1 aromatic heterocycles. The maximum Gasteiger partial charge on any atom is 0.251 e. The van der Waals surface area contributed by atoms with Crippen molar-refractivity contribution in [1.82, 2.24) is 24.4 Å². The largest absolute Gasteiger partial charge is 0.369 e. The summed E-state index contributed by atoms with van der Waals surface area (Å²) in [7, 11) is -1.70. The number of likely N-dealkylation sites (N-methyl/N-ethyl adjacent to an activating group) is 1. The number of hydrogen-bond donors (Lipinski definition) is 1. The standard InChI is InChI=1S/C30H40N6O5S/c1-21(2)17-25(32-29(38)23-6-8-24(9-7-23)34-15-13-33(3)14-16-34)30(39)35-12-10-26-28(35)27(37)19-36(26)42(40,41)20-22-5-4-11-31-18-22/h4-9,11,18,21,25-26,28H,10,12-17,19-20H2,1-3H3,(H,32,38). The van der Waals surface area contributed by atoms with Gasteiger partial charge in [0, 0.05) is 56.4 Å². The first-order valence-electron chi connectivity index (χ1n) is 14.6. The van der Waals surface area contributed by atoms with E-state index in [-0.39, 0.29) is 42.4 Å². The number of carbonyl (C=O) groups excluding carboxylic acids is 3. The van der Waals surface area contributed by atoms with Crippen molar-refractivity contribution in [3.8, 4) is 0 Å². The molecule has 3 aliphatic heterocycles. The van der Waals surface area contributed by atoms with Gasteiger partial charge in [0.05, 0.1) is 18.3 Å². The van der Waals surface area contributed by atoms with Crippen LogP contribution >= 0.6 is 0 Å². The number of nitrogens with one attached hydrogen (secondary N) is 1. The van der Waals surface area contributed by atoms with Gasteiger partial charge in [-0.3, -0.25) is 19.4 Å². The third-order valence-electron chi connectivity index (χ3n) is 8.40. The average Bonchev–Trinajstić information content (AvgIpc) is 3.54. The van der Waals surface area contributed by atoms with Gasteiger partial charge < -0.3 is 20.0 Å². The second kappa shape index (κ2) is 12.5. The lowest BCUT2D eigenvalue weighted by molar-refractivity contribution is -0.138. The van der Waals surface area contributed by atoms with E-state index in [4.69, 9.17) is 0 Å². The summed E-state index contributed by atoms with van der Waals surface area (Å²) in [6.07, 6.45) is 3.83. The van der Waals surface area contributed by atoms with Gasteiger partial charge in [-0.2, -0.15) is 4.31 Å². The molecule has 5 rings (SSSR count). The molecule has 4 heterocycles. The number of carbonyl (C=O) groups is 3. The highest BCUT2D eigenvalue weighted by Gasteiger charge is 2.54. The minimum atomic E-state index is -3.80. The molecule has 3 atom stereocenters. The Kier molecular flexibility index (Phi) is 8.95. The highest BCUT2D eigenvalue weighted by Crippen LogP contribution is 2.33. The van der Waals surface area contributed by atoms with Crippen molar-refractivity contribution in [3.05, 3.63) is 59.9 Å². The molecule has 226 valence electrons. The van der Waals surface area contributed by atoms with Crippen LogP contribution in [0.25, 0.3) is 0 Å². The quantitative estimate of drug-likeness (QED) is 0.461. The molecule has 1 N–H and O–H groups in total. The predicted molar refractivity (Wildman–Crippen MR) is 159 cm³/mol. The van der Waals surface area contributed by atoms with Crippen molar-refractivity contribution in [2.24, 2.45) is 5.92 Å². The van der Waals surface area contributed by atoms with Crippen LogP contribution in [-0.4, -0.2) is 110 Å². The number of rotatable bonds is 9. The smallest absolute Gasteiger partial charge is 0.251 e. The van der Waals surface area contributed by atoms with Crippen molar-refractivity contribution in [3.63, 3.8) is 0 Å². The molecule has 0 bridgehead atoms. The number of Topliss-reactive ketones (excluding diaryl/α,β-unsaturated/α-hetero) is 1. The van der Waals surface area contributed by atoms with E-state index in [1.807, 2.05) is 26.0 Å². The summed E-state index contributed by atoms with van der Waals surface area (Å²) in [5.74, 6) is -1.15. The van der Waals surface area contributed by atoms with Crippen LogP contribution in [0.1, 0.15) is 42.6 Å². The van der Waals surface area contributed by atoms with E-state index < -0.39 is 28.1 Å². The Morgan fingerprint density at radius 1 is 1.05 bits per heavy atom. The minimum Gasteiger partial charge on any atom is -0.369 e. The van der Waals surface area contributed by atoms with E-state index in [1.165, 1.54) is 15.4 Å². The molecule has 3 unspecified atom stereocenters. The molecule has 0 spiro atoms. The van der Waals surface area contributed by atoms with E-state index in [1.54, 1.807) is 30.5 Å². The number of benzene rings is 1. The monoisotopic (exact) mass is 596 g/mol. The lowest BCUT2D eigenvalue weighted by Crippen LogP contribution is -2.53. The molecule has 2 amide bonds. The van der Waals surface area contributed by atoms with Crippen LogP contribution in [0.5, 0.6) is 0 Å². The number of nitrogens with zero attached hydrogens (tertiary/aromatic N) is 5. The molecular weight excluding hydrogens is 556 g/mol. The topological polar surface area (TPSA) is 123 Å². The first-order chi connectivity index (χ1) is 20.0. The predicted octanol–water partition coefficient (Wildman–Crippen LogP) is 1.36. The van der Waals surface area contributed by atoms with Gasteiger partial charge in [-0.25, -0.2) is 8.42 Å². The molecule has 2 aromatic rings. The van der Waals surface area contributed by atoms with E-state index in [0.29, 0.717) is 24.0 Å². The summed E-state index contributed by atoms with van der Waals surface area (Å²) in [5, 5.41) is 2.91. The zero-order valence-corrected chi connectivity index (χ0v) is 25.3. The summed E-state index contributed by atoms with van der Waals surface area (Å²) in [6.45, 7) is 7.74. The Balaban J connectivity index is 1.27. The summed E-state index contributed by atoms with van der Waals surface area (Å²) in [6, 6.07) is 8.48. The van der Waals surface area contributed by atoms with Gasteiger partial charge in [0.15, 0.2) is 5.78 Å². The Morgan fingerprint density at radius 2 is 1.76 bits per heavy atom. The van der Waals surface area contributed by atoms with E-state index in [9.17, 15) is 22.8 Å². The minimum absolute atomic E-state index is 0.105. The van der Waals surface area contributed by atoms with Gasteiger partial charge in [0.1, 0.15) is 12.1 Å². The van der Waals surface area contributed by atoms with Crippen LogP contribution in [0.2, 0.25) is 0 Å². The van der Waals surface area contributed by atoms with Crippen LogP contribution in [-0.2, 0) is 25.4 Å². The maximum atomic E-state index is 13.8. The van der Waals surface area contributed by atoms with E-state index in [0.717, 1.165) is 31.9 Å². The Bertz CT molecular complexity index is 1390. The Labute approximate surface area is 247 Å². The molecule has 11 nitrogen and oxygen atoms in total. The number of fused-ring (bicyclic) bond motifs is 1. The summed E-state index contributed by atoms with van der Waals surface area (Å²) in [5.41, 5.74) is 2.05. The molecule has 0 aliphatic carbocycles. The Hall–Kier alpha value is -3.35.